The Balaban J connectivity index is 2.27. The molecule has 0 radical (unpaired) electrons. The molecule has 1 fully saturated rings. The molecule has 16 heavy (non-hydrogen) atoms. The second-order valence-electron chi connectivity index (χ2n) is 4.89. The Morgan fingerprint density at radius 1 is 1.25 bits per heavy atom. The van der Waals surface area contributed by atoms with E-state index < -0.39 is 9.84 Å². The van der Waals surface area contributed by atoms with Gasteiger partial charge >= 0.3 is 0 Å². The molecule has 1 rings (SSSR count). The van der Waals surface area contributed by atoms with Gasteiger partial charge in [-0.15, -0.1) is 0 Å². The molecule has 0 heterocycles. The zero-order valence-corrected chi connectivity index (χ0v) is 11.4. The molecule has 0 aromatic heterocycles. The van der Waals surface area contributed by atoms with Gasteiger partial charge in [0.05, 0.1) is 5.75 Å². The molecule has 0 spiro atoms. The van der Waals surface area contributed by atoms with Crippen LogP contribution in [0.15, 0.2) is 0 Å². The summed E-state index contributed by atoms with van der Waals surface area (Å²) in [6, 6.07) is 0. The summed E-state index contributed by atoms with van der Waals surface area (Å²) in [7, 11) is -0.760. The topological polar surface area (TPSA) is 46.2 Å². The summed E-state index contributed by atoms with van der Waals surface area (Å²) in [5, 5.41) is 3.24. The lowest BCUT2D eigenvalue weighted by Gasteiger charge is -2.18. The molecule has 2 unspecified atom stereocenters. The molecule has 0 saturated heterocycles. The minimum atomic E-state index is -2.76. The van der Waals surface area contributed by atoms with Crippen molar-refractivity contribution in [2.45, 2.75) is 39.0 Å². The molecule has 0 bridgehead atoms. The zero-order valence-electron chi connectivity index (χ0n) is 10.5. The Bertz CT molecular complexity index is 287. The van der Waals surface area contributed by atoms with E-state index >= 15 is 0 Å². The fourth-order valence-corrected chi connectivity index (χ4v) is 3.63. The average Bonchev–Trinajstić information content (AvgIpc) is 2.66. The summed E-state index contributed by atoms with van der Waals surface area (Å²) in [5.41, 5.74) is 0. The van der Waals surface area contributed by atoms with Gasteiger partial charge in [-0.2, -0.15) is 0 Å². The van der Waals surface area contributed by atoms with Crippen molar-refractivity contribution in [2.75, 3.05) is 25.1 Å². The molecule has 0 aromatic carbocycles. The highest BCUT2D eigenvalue weighted by Gasteiger charge is 2.26. The van der Waals surface area contributed by atoms with E-state index in [9.17, 15) is 8.42 Å². The smallest absolute Gasteiger partial charge is 0.150 e. The van der Waals surface area contributed by atoms with Gasteiger partial charge in [-0.1, -0.05) is 19.8 Å². The molecule has 1 saturated carbocycles. The van der Waals surface area contributed by atoms with E-state index in [0.717, 1.165) is 31.2 Å². The van der Waals surface area contributed by atoms with Crippen LogP contribution in [0.3, 0.4) is 0 Å². The van der Waals surface area contributed by atoms with Crippen molar-refractivity contribution >= 4 is 9.84 Å². The standard InChI is InChI=1S/C12H25NO2S/c1-3-16(14,15)9-5-8-11-6-4-7-12(11)10-13-2/h11-13H,3-10H2,1-2H3. The van der Waals surface area contributed by atoms with Gasteiger partial charge in [-0.05, 0) is 44.7 Å². The van der Waals surface area contributed by atoms with Gasteiger partial charge in [0.1, 0.15) is 9.84 Å². The van der Waals surface area contributed by atoms with Gasteiger partial charge in [-0.3, -0.25) is 0 Å². The second-order valence-corrected chi connectivity index (χ2v) is 7.36. The van der Waals surface area contributed by atoms with Crippen LogP contribution >= 0.6 is 0 Å². The number of sulfone groups is 1. The lowest BCUT2D eigenvalue weighted by molar-refractivity contribution is 0.353. The third-order valence-corrected chi connectivity index (χ3v) is 5.54. The minimum absolute atomic E-state index is 0.289. The van der Waals surface area contributed by atoms with Crippen LogP contribution in [0, 0.1) is 11.8 Å². The Morgan fingerprint density at radius 3 is 2.56 bits per heavy atom. The van der Waals surface area contributed by atoms with E-state index in [0.29, 0.717) is 5.75 Å². The van der Waals surface area contributed by atoms with E-state index in [1.165, 1.54) is 19.3 Å². The maximum Gasteiger partial charge on any atom is 0.150 e. The first-order valence-electron chi connectivity index (χ1n) is 6.44. The summed E-state index contributed by atoms with van der Waals surface area (Å²) < 4.78 is 22.7. The molecule has 1 N–H and O–H groups in total. The maximum absolute atomic E-state index is 11.4. The lowest BCUT2D eigenvalue weighted by atomic mass is 9.92. The van der Waals surface area contributed by atoms with Crippen molar-refractivity contribution in [3.8, 4) is 0 Å². The quantitative estimate of drug-likeness (QED) is 0.746. The monoisotopic (exact) mass is 247 g/mol. The zero-order chi connectivity index (χ0) is 12.0. The highest BCUT2D eigenvalue weighted by atomic mass is 32.2. The number of hydrogen-bond acceptors (Lipinski definition) is 3. The van der Waals surface area contributed by atoms with Crippen LogP contribution in [0.5, 0.6) is 0 Å². The maximum atomic E-state index is 11.4. The largest absolute Gasteiger partial charge is 0.319 e. The fraction of sp³-hybridized carbons (Fsp3) is 1.00. The van der Waals surface area contributed by atoms with E-state index in [2.05, 4.69) is 5.32 Å². The average molecular weight is 247 g/mol. The summed E-state index contributed by atoms with van der Waals surface area (Å²) in [5.74, 6) is 2.19. The van der Waals surface area contributed by atoms with Crippen molar-refractivity contribution in [1.82, 2.24) is 5.32 Å². The van der Waals surface area contributed by atoms with Crippen LogP contribution < -0.4 is 5.32 Å². The first kappa shape index (κ1) is 14.0. The van der Waals surface area contributed by atoms with Crippen LogP contribution in [0.25, 0.3) is 0 Å². The van der Waals surface area contributed by atoms with Crippen LogP contribution in [-0.2, 0) is 9.84 Å². The molecule has 96 valence electrons. The van der Waals surface area contributed by atoms with E-state index in [4.69, 9.17) is 0 Å². The van der Waals surface area contributed by atoms with Crippen LogP contribution in [0.2, 0.25) is 0 Å². The summed E-state index contributed by atoms with van der Waals surface area (Å²) in [6.45, 7) is 2.82. The molecule has 1 aliphatic carbocycles. The van der Waals surface area contributed by atoms with E-state index in [1.807, 2.05) is 7.05 Å². The van der Waals surface area contributed by atoms with Crippen molar-refractivity contribution in [1.29, 1.82) is 0 Å². The van der Waals surface area contributed by atoms with Gasteiger partial charge in [0, 0.05) is 5.75 Å². The molecular weight excluding hydrogens is 222 g/mol. The van der Waals surface area contributed by atoms with Crippen molar-refractivity contribution in [3.63, 3.8) is 0 Å². The van der Waals surface area contributed by atoms with E-state index in [1.54, 1.807) is 6.92 Å². The Hall–Kier alpha value is -0.0900. The summed E-state index contributed by atoms with van der Waals surface area (Å²) >= 11 is 0. The molecular formula is C12H25NO2S. The molecule has 2 atom stereocenters. The summed E-state index contributed by atoms with van der Waals surface area (Å²) in [4.78, 5) is 0. The first-order chi connectivity index (χ1) is 7.59. The highest BCUT2D eigenvalue weighted by Crippen LogP contribution is 2.34. The summed E-state index contributed by atoms with van der Waals surface area (Å²) in [6.07, 6.45) is 5.86. The van der Waals surface area contributed by atoms with Crippen LogP contribution in [0.1, 0.15) is 39.0 Å². The Kier molecular flexibility index (Phi) is 5.76. The number of nitrogens with one attached hydrogen (secondary N) is 1. The van der Waals surface area contributed by atoms with Crippen LogP contribution in [0.4, 0.5) is 0 Å². The molecule has 4 heteroatoms. The second kappa shape index (κ2) is 6.60. The molecule has 0 aliphatic heterocycles. The normalized spacial score (nSPS) is 26.1. The van der Waals surface area contributed by atoms with E-state index in [-0.39, 0.29) is 5.75 Å². The van der Waals surface area contributed by atoms with Gasteiger partial charge in [0.2, 0.25) is 0 Å². The molecule has 0 amide bonds. The van der Waals surface area contributed by atoms with Crippen LogP contribution in [-0.4, -0.2) is 33.5 Å². The van der Waals surface area contributed by atoms with Gasteiger partial charge in [0.15, 0.2) is 0 Å². The van der Waals surface area contributed by atoms with Gasteiger partial charge < -0.3 is 5.32 Å². The SMILES string of the molecule is CCS(=O)(=O)CCCC1CCCC1CNC. The van der Waals surface area contributed by atoms with Gasteiger partial charge in [-0.25, -0.2) is 8.42 Å². The Morgan fingerprint density at radius 2 is 1.94 bits per heavy atom. The molecule has 0 aromatic rings. The van der Waals surface area contributed by atoms with Crippen molar-refractivity contribution in [2.24, 2.45) is 11.8 Å². The third kappa shape index (κ3) is 4.42. The van der Waals surface area contributed by atoms with Crippen molar-refractivity contribution < 1.29 is 8.42 Å². The Labute approximate surface area is 99.9 Å². The number of hydrogen-bond donors (Lipinski definition) is 1. The van der Waals surface area contributed by atoms with Crippen molar-refractivity contribution in [3.05, 3.63) is 0 Å². The number of rotatable bonds is 7. The third-order valence-electron chi connectivity index (χ3n) is 3.75. The molecule has 1 aliphatic rings. The first-order valence-corrected chi connectivity index (χ1v) is 8.26. The lowest BCUT2D eigenvalue weighted by Crippen LogP contribution is -2.22. The predicted molar refractivity (Wildman–Crippen MR) is 68.3 cm³/mol. The molecule has 3 nitrogen and oxygen atoms in total. The fourth-order valence-electron chi connectivity index (χ4n) is 2.73. The highest BCUT2D eigenvalue weighted by molar-refractivity contribution is 7.91. The predicted octanol–water partition coefficient (Wildman–Crippen LogP) is 1.84. The minimum Gasteiger partial charge on any atom is -0.319 e. The van der Waals surface area contributed by atoms with Gasteiger partial charge in [0.25, 0.3) is 0 Å².